The van der Waals surface area contributed by atoms with E-state index in [9.17, 15) is 0 Å². The van der Waals surface area contributed by atoms with Crippen LogP contribution in [0.2, 0.25) is 0 Å². The molecular weight excluding hydrogens is 623 g/mol. The molecule has 0 atom stereocenters. The first-order chi connectivity index (χ1) is 25.3. The predicted molar refractivity (Wildman–Crippen MR) is 212 cm³/mol. The van der Waals surface area contributed by atoms with Crippen LogP contribution in [0, 0.1) is 0 Å². The van der Waals surface area contributed by atoms with Gasteiger partial charge in [-0.25, -0.2) is 0 Å². The molecule has 0 aliphatic rings. The van der Waals surface area contributed by atoms with Gasteiger partial charge in [-0.3, -0.25) is 0 Å². The summed E-state index contributed by atoms with van der Waals surface area (Å²) in [6, 6.07) is 66.1. The summed E-state index contributed by atoms with van der Waals surface area (Å²) in [4.78, 5) is 2.32. The summed E-state index contributed by atoms with van der Waals surface area (Å²) < 4.78 is 12.8. The Morgan fingerprint density at radius 3 is 1.35 bits per heavy atom. The smallest absolute Gasteiger partial charge is 0.143 e. The van der Waals surface area contributed by atoms with E-state index in [1.54, 1.807) is 0 Å². The number of hydrogen-bond acceptors (Lipinski definition) is 3. The van der Waals surface area contributed by atoms with Crippen molar-refractivity contribution in [3.8, 4) is 33.4 Å². The zero-order valence-corrected chi connectivity index (χ0v) is 27.7. The number of furan rings is 2. The van der Waals surface area contributed by atoms with E-state index in [1.807, 2.05) is 24.3 Å². The van der Waals surface area contributed by atoms with Crippen molar-refractivity contribution in [2.24, 2.45) is 0 Å². The van der Waals surface area contributed by atoms with Gasteiger partial charge in [-0.15, -0.1) is 0 Å². The summed E-state index contributed by atoms with van der Waals surface area (Å²) in [7, 11) is 0. The van der Waals surface area contributed by atoms with Gasteiger partial charge in [-0.1, -0.05) is 140 Å². The second kappa shape index (κ2) is 11.9. The average molecular weight is 654 g/mol. The highest BCUT2D eigenvalue weighted by molar-refractivity contribution is 6.10. The molecule has 0 bridgehead atoms. The lowest BCUT2D eigenvalue weighted by atomic mass is 10.00. The fourth-order valence-electron chi connectivity index (χ4n) is 7.43. The molecule has 0 N–H and O–H groups in total. The Labute approximate surface area is 295 Å². The quantitative estimate of drug-likeness (QED) is 0.179. The molecule has 51 heavy (non-hydrogen) atoms. The van der Waals surface area contributed by atoms with Crippen LogP contribution in [0.5, 0.6) is 0 Å². The van der Waals surface area contributed by atoms with Crippen molar-refractivity contribution >= 4 is 60.9 Å². The third-order valence-corrected chi connectivity index (χ3v) is 9.89. The van der Waals surface area contributed by atoms with Crippen LogP contribution in [0.25, 0.3) is 77.3 Å². The lowest BCUT2D eigenvalue weighted by molar-refractivity contribution is 0.669. The van der Waals surface area contributed by atoms with E-state index < -0.39 is 0 Å². The third-order valence-electron chi connectivity index (χ3n) is 9.89. The van der Waals surface area contributed by atoms with Gasteiger partial charge < -0.3 is 13.7 Å². The summed E-state index contributed by atoms with van der Waals surface area (Å²) in [6.07, 6.45) is 0. The van der Waals surface area contributed by atoms with Gasteiger partial charge in [0.2, 0.25) is 0 Å². The van der Waals surface area contributed by atoms with Crippen LogP contribution in [0.4, 0.5) is 17.1 Å². The van der Waals surface area contributed by atoms with Gasteiger partial charge in [0.25, 0.3) is 0 Å². The van der Waals surface area contributed by atoms with Crippen molar-refractivity contribution in [2.75, 3.05) is 4.90 Å². The molecule has 0 fully saturated rings. The van der Waals surface area contributed by atoms with Gasteiger partial charge in [0.05, 0.1) is 0 Å². The second-order valence-corrected chi connectivity index (χ2v) is 12.9. The highest BCUT2D eigenvalue weighted by Crippen LogP contribution is 2.42. The van der Waals surface area contributed by atoms with Crippen LogP contribution in [0.3, 0.4) is 0 Å². The van der Waals surface area contributed by atoms with Crippen molar-refractivity contribution in [3.05, 3.63) is 188 Å². The Morgan fingerprint density at radius 1 is 0.294 bits per heavy atom. The first-order valence-electron chi connectivity index (χ1n) is 17.3. The molecule has 8 aromatic carbocycles. The first-order valence-corrected chi connectivity index (χ1v) is 17.3. The van der Waals surface area contributed by atoms with E-state index >= 15 is 0 Å². The van der Waals surface area contributed by atoms with Crippen molar-refractivity contribution < 1.29 is 8.83 Å². The van der Waals surface area contributed by atoms with Crippen LogP contribution >= 0.6 is 0 Å². The number of hydrogen-bond donors (Lipinski definition) is 0. The molecule has 0 amide bonds. The second-order valence-electron chi connectivity index (χ2n) is 12.9. The van der Waals surface area contributed by atoms with E-state index in [0.717, 1.165) is 83.2 Å². The maximum Gasteiger partial charge on any atom is 0.143 e. The first kappa shape index (κ1) is 29.1. The highest BCUT2D eigenvalue weighted by Gasteiger charge is 2.18. The molecule has 0 aliphatic heterocycles. The maximum atomic E-state index is 6.45. The Bertz CT molecular complexity index is 2840. The summed E-state index contributed by atoms with van der Waals surface area (Å²) in [5.41, 5.74) is 13.5. The lowest BCUT2D eigenvalue weighted by Gasteiger charge is -2.26. The minimum Gasteiger partial charge on any atom is -0.455 e. The molecule has 0 saturated carbocycles. The average Bonchev–Trinajstić information content (AvgIpc) is 3.78. The summed E-state index contributed by atoms with van der Waals surface area (Å²) in [6.45, 7) is 0. The van der Waals surface area contributed by atoms with Crippen molar-refractivity contribution in [2.45, 2.75) is 0 Å². The van der Waals surface area contributed by atoms with Crippen molar-refractivity contribution in [3.63, 3.8) is 0 Å². The number of nitrogens with zero attached hydrogens (tertiary/aromatic N) is 1. The van der Waals surface area contributed by atoms with Gasteiger partial charge in [0.15, 0.2) is 0 Å². The molecule has 0 radical (unpaired) electrons. The SMILES string of the molecule is c1ccc(-c2ccc(N(c3ccc(-c4cccc5c4oc4ccccc45)cc3)c3cccc(-c4cccc5c4oc4ccccc45)c3)cc2)cc1. The van der Waals surface area contributed by atoms with Gasteiger partial charge in [0.1, 0.15) is 22.3 Å². The summed E-state index contributed by atoms with van der Waals surface area (Å²) >= 11 is 0. The van der Waals surface area contributed by atoms with Gasteiger partial charge >= 0.3 is 0 Å². The number of benzene rings is 8. The molecule has 0 saturated heterocycles. The van der Waals surface area contributed by atoms with Crippen molar-refractivity contribution in [1.82, 2.24) is 0 Å². The number of anilines is 3. The van der Waals surface area contributed by atoms with E-state index in [-0.39, 0.29) is 0 Å². The summed E-state index contributed by atoms with van der Waals surface area (Å²) in [5.74, 6) is 0. The zero-order chi connectivity index (χ0) is 33.7. The van der Waals surface area contributed by atoms with Crippen LogP contribution in [0.1, 0.15) is 0 Å². The van der Waals surface area contributed by atoms with E-state index in [0.29, 0.717) is 0 Å². The van der Waals surface area contributed by atoms with Gasteiger partial charge in [-0.2, -0.15) is 0 Å². The highest BCUT2D eigenvalue weighted by atomic mass is 16.3. The number of para-hydroxylation sites is 4. The van der Waals surface area contributed by atoms with Crippen LogP contribution in [-0.2, 0) is 0 Å². The number of rotatable bonds is 6. The van der Waals surface area contributed by atoms with Gasteiger partial charge in [-0.05, 0) is 70.8 Å². The monoisotopic (exact) mass is 653 g/mol. The Balaban J connectivity index is 1.09. The molecule has 0 aliphatic carbocycles. The normalized spacial score (nSPS) is 11.5. The number of fused-ring (bicyclic) bond motifs is 6. The molecule has 3 heteroatoms. The van der Waals surface area contributed by atoms with Crippen LogP contribution in [0.15, 0.2) is 197 Å². The lowest BCUT2D eigenvalue weighted by Crippen LogP contribution is -2.10. The molecule has 10 rings (SSSR count). The minimum atomic E-state index is 0.898. The van der Waals surface area contributed by atoms with E-state index in [1.165, 1.54) is 11.1 Å². The zero-order valence-electron chi connectivity index (χ0n) is 27.7. The molecule has 0 spiro atoms. The van der Waals surface area contributed by atoms with E-state index in [4.69, 9.17) is 8.83 Å². The third kappa shape index (κ3) is 4.98. The molecular formula is C48H31NO2. The molecule has 0 unspecified atom stereocenters. The molecule has 240 valence electrons. The van der Waals surface area contributed by atoms with Gasteiger partial charge in [0, 0.05) is 49.7 Å². The molecule has 3 nitrogen and oxygen atoms in total. The summed E-state index contributed by atoms with van der Waals surface area (Å²) in [5, 5.41) is 4.51. The topological polar surface area (TPSA) is 29.5 Å². The molecule has 2 heterocycles. The maximum absolute atomic E-state index is 6.45. The standard InChI is InChI=1S/C48H31NO2/c1-2-11-32(12-3-1)33-23-27-36(28-24-33)49(37-29-25-34(26-30-37)39-17-9-19-43-41-15-4-6-21-45(41)50-47(39)43)38-14-8-13-35(31-38)40-18-10-20-44-42-16-5-7-22-46(42)51-48(40)44/h1-31H. The fraction of sp³-hybridized carbons (Fsp3) is 0. The van der Waals surface area contributed by atoms with Crippen molar-refractivity contribution in [1.29, 1.82) is 0 Å². The Morgan fingerprint density at radius 2 is 0.745 bits per heavy atom. The predicted octanol–water partition coefficient (Wildman–Crippen LogP) is 14.0. The van der Waals surface area contributed by atoms with Crippen LogP contribution in [-0.4, -0.2) is 0 Å². The minimum absolute atomic E-state index is 0.898. The Hall–Kier alpha value is -6.84. The van der Waals surface area contributed by atoms with E-state index in [2.05, 4.69) is 169 Å². The molecule has 10 aromatic rings. The largest absolute Gasteiger partial charge is 0.455 e. The van der Waals surface area contributed by atoms with Crippen LogP contribution < -0.4 is 4.90 Å². The molecule has 2 aromatic heterocycles. The Kier molecular flexibility index (Phi) is 6.81. The fourth-order valence-corrected chi connectivity index (χ4v) is 7.43.